The molecule has 2 aromatic carbocycles. The molecule has 0 atom stereocenters. The number of hydrogen-bond donors (Lipinski definition) is 2. The minimum Gasteiger partial charge on any atom is -0.346 e. The van der Waals surface area contributed by atoms with Gasteiger partial charge in [0.25, 0.3) is 0 Å². The molecule has 1 heterocycles. The Balaban J connectivity index is 1.50. The van der Waals surface area contributed by atoms with Crippen molar-refractivity contribution in [2.45, 2.75) is 39.4 Å². The molecule has 1 aromatic heterocycles. The highest BCUT2D eigenvalue weighted by Crippen LogP contribution is 2.22. The van der Waals surface area contributed by atoms with E-state index in [4.69, 9.17) is 0 Å². The van der Waals surface area contributed by atoms with Crippen LogP contribution in [0.3, 0.4) is 0 Å². The number of carbonyl (C=O) groups excluding carboxylic acids is 2. The standard InChI is InChI=1S/C23H27N5O2S/c1-15-10-16(2)22(17(3)11-15)25-20(29)12-24-21(30)14-31-23-27-26-18(4)28(23)13-19-8-6-5-7-9-19/h5-11H,12-14H2,1-4H3,(H,24,30)(H,25,29). The number of benzene rings is 2. The van der Waals surface area contributed by atoms with Crippen LogP contribution >= 0.6 is 11.8 Å². The van der Waals surface area contributed by atoms with E-state index in [0.29, 0.717) is 11.7 Å². The average Bonchev–Trinajstić information content (AvgIpc) is 3.07. The van der Waals surface area contributed by atoms with Crippen molar-refractivity contribution >= 4 is 29.3 Å². The molecule has 7 nitrogen and oxygen atoms in total. The Bertz CT molecular complexity index is 1060. The predicted octanol–water partition coefficient (Wildman–Crippen LogP) is 3.41. The topological polar surface area (TPSA) is 88.9 Å². The zero-order chi connectivity index (χ0) is 22.4. The van der Waals surface area contributed by atoms with Gasteiger partial charge in [0.05, 0.1) is 18.8 Å². The zero-order valence-electron chi connectivity index (χ0n) is 18.2. The first kappa shape index (κ1) is 22.6. The van der Waals surface area contributed by atoms with Gasteiger partial charge in [0.1, 0.15) is 5.82 Å². The van der Waals surface area contributed by atoms with Gasteiger partial charge in [0.15, 0.2) is 5.16 Å². The maximum absolute atomic E-state index is 12.3. The van der Waals surface area contributed by atoms with Crippen LogP contribution in [0.1, 0.15) is 28.1 Å². The molecular weight excluding hydrogens is 410 g/mol. The van der Waals surface area contributed by atoms with Gasteiger partial charge in [-0.15, -0.1) is 10.2 Å². The number of aryl methyl sites for hydroxylation is 4. The summed E-state index contributed by atoms with van der Waals surface area (Å²) in [5.41, 5.74) is 5.08. The maximum Gasteiger partial charge on any atom is 0.243 e. The van der Waals surface area contributed by atoms with Gasteiger partial charge in [0.2, 0.25) is 11.8 Å². The summed E-state index contributed by atoms with van der Waals surface area (Å²) in [7, 11) is 0. The first-order chi connectivity index (χ1) is 14.8. The minimum atomic E-state index is -0.253. The normalized spacial score (nSPS) is 10.7. The van der Waals surface area contributed by atoms with Gasteiger partial charge in [-0.1, -0.05) is 59.8 Å². The summed E-state index contributed by atoms with van der Waals surface area (Å²) in [6.45, 7) is 8.38. The van der Waals surface area contributed by atoms with Gasteiger partial charge in [0, 0.05) is 5.69 Å². The van der Waals surface area contributed by atoms with Gasteiger partial charge >= 0.3 is 0 Å². The molecule has 0 radical (unpaired) electrons. The van der Waals surface area contributed by atoms with E-state index in [-0.39, 0.29) is 24.1 Å². The van der Waals surface area contributed by atoms with Crippen molar-refractivity contribution in [2.75, 3.05) is 17.6 Å². The van der Waals surface area contributed by atoms with Crippen molar-refractivity contribution in [3.63, 3.8) is 0 Å². The molecule has 0 aliphatic rings. The van der Waals surface area contributed by atoms with Crippen molar-refractivity contribution in [1.82, 2.24) is 20.1 Å². The van der Waals surface area contributed by atoms with Crippen LogP contribution in [0.2, 0.25) is 0 Å². The predicted molar refractivity (Wildman–Crippen MR) is 123 cm³/mol. The molecule has 0 spiro atoms. The van der Waals surface area contributed by atoms with E-state index in [1.165, 1.54) is 11.8 Å². The van der Waals surface area contributed by atoms with Gasteiger partial charge in [-0.25, -0.2) is 0 Å². The van der Waals surface area contributed by atoms with E-state index < -0.39 is 0 Å². The largest absolute Gasteiger partial charge is 0.346 e. The fraction of sp³-hybridized carbons (Fsp3) is 0.304. The smallest absolute Gasteiger partial charge is 0.243 e. The lowest BCUT2D eigenvalue weighted by atomic mass is 10.1. The molecule has 2 amide bonds. The van der Waals surface area contributed by atoms with E-state index in [1.807, 2.05) is 74.7 Å². The molecule has 0 aliphatic heterocycles. The molecule has 0 saturated heterocycles. The third-order valence-corrected chi connectivity index (χ3v) is 5.77. The number of anilines is 1. The van der Waals surface area contributed by atoms with Gasteiger partial charge < -0.3 is 15.2 Å². The third-order valence-electron chi connectivity index (χ3n) is 4.81. The Morgan fingerprint density at radius 1 is 0.968 bits per heavy atom. The molecule has 162 valence electrons. The second-order valence-electron chi connectivity index (χ2n) is 7.49. The van der Waals surface area contributed by atoms with Crippen LogP contribution in [0.5, 0.6) is 0 Å². The number of thioether (sulfide) groups is 1. The van der Waals surface area contributed by atoms with E-state index >= 15 is 0 Å². The van der Waals surface area contributed by atoms with Crippen molar-refractivity contribution in [2.24, 2.45) is 0 Å². The Morgan fingerprint density at radius 3 is 2.32 bits per heavy atom. The summed E-state index contributed by atoms with van der Waals surface area (Å²) >= 11 is 1.30. The number of amides is 2. The minimum absolute atomic E-state index is 0.0815. The Kier molecular flexibility index (Phi) is 7.46. The SMILES string of the molecule is Cc1cc(C)c(NC(=O)CNC(=O)CSc2nnc(C)n2Cc2ccccc2)c(C)c1. The van der Waals surface area contributed by atoms with E-state index in [1.54, 1.807) is 0 Å². The molecule has 3 aromatic rings. The fourth-order valence-corrected chi connectivity index (χ4v) is 4.15. The van der Waals surface area contributed by atoms with Crippen molar-refractivity contribution in [3.8, 4) is 0 Å². The van der Waals surface area contributed by atoms with Gasteiger partial charge in [-0.2, -0.15) is 0 Å². The van der Waals surface area contributed by atoms with Crippen LogP contribution in [0.15, 0.2) is 47.6 Å². The maximum atomic E-state index is 12.3. The molecular formula is C23H27N5O2S. The van der Waals surface area contributed by atoms with Crippen LogP contribution in [-0.4, -0.2) is 38.9 Å². The van der Waals surface area contributed by atoms with Crippen molar-refractivity contribution in [1.29, 1.82) is 0 Å². The van der Waals surface area contributed by atoms with Crippen LogP contribution in [0, 0.1) is 27.7 Å². The Hall–Kier alpha value is -3.13. The quantitative estimate of drug-likeness (QED) is 0.527. The fourth-order valence-electron chi connectivity index (χ4n) is 3.34. The molecule has 0 bridgehead atoms. The zero-order valence-corrected chi connectivity index (χ0v) is 19.0. The first-order valence-electron chi connectivity index (χ1n) is 10.0. The van der Waals surface area contributed by atoms with Crippen molar-refractivity contribution < 1.29 is 9.59 Å². The summed E-state index contributed by atoms with van der Waals surface area (Å²) in [6.07, 6.45) is 0. The second kappa shape index (κ2) is 10.3. The summed E-state index contributed by atoms with van der Waals surface area (Å²) in [6, 6.07) is 14.1. The van der Waals surface area contributed by atoms with Crippen LogP contribution in [0.4, 0.5) is 5.69 Å². The molecule has 0 aliphatic carbocycles. The average molecular weight is 438 g/mol. The number of carbonyl (C=O) groups is 2. The molecule has 3 rings (SSSR count). The Morgan fingerprint density at radius 2 is 1.65 bits per heavy atom. The second-order valence-corrected chi connectivity index (χ2v) is 8.43. The summed E-state index contributed by atoms with van der Waals surface area (Å²) in [5.74, 6) is 0.457. The summed E-state index contributed by atoms with van der Waals surface area (Å²) in [5, 5.41) is 14.5. The molecule has 2 N–H and O–H groups in total. The number of hydrogen-bond acceptors (Lipinski definition) is 5. The van der Waals surface area contributed by atoms with Crippen LogP contribution in [-0.2, 0) is 16.1 Å². The van der Waals surface area contributed by atoms with Crippen LogP contribution in [0.25, 0.3) is 0 Å². The van der Waals surface area contributed by atoms with Crippen molar-refractivity contribution in [3.05, 3.63) is 70.5 Å². The van der Waals surface area contributed by atoms with Gasteiger partial charge in [-0.3, -0.25) is 9.59 Å². The number of aromatic nitrogens is 3. The molecule has 31 heavy (non-hydrogen) atoms. The van der Waals surface area contributed by atoms with Crippen LogP contribution < -0.4 is 10.6 Å². The monoisotopic (exact) mass is 437 g/mol. The highest BCUT2D eigenvalue weighted by molar-refractivity contribution is 7.99. The third kappa shape index (κ3) is 6.18. The molecule has 0 saturated carbocycles. The lowest BCUT2D eigenvalue weighted by Gasteiger charge is -2.13. The van der Waals surface area contributed by atoms with E-state index in [2.05, 4.69) is 20.8 Å². The first-order valence-corrected chi connectivity index (χ1v) is 11.0. The molecule has 8 heteroatoms. The summed E-state index contributed by atoms with van der Waals surface area (Å²) < 4.78 is 1.98. The lowest BCUT2D eigenvalue weighted by Crippen LogP contribution is -2.34. The lowest BCUT2D eigenvalue weighted by molar-refractivity contribution is -0.122. The number of rotatable bonds is 8. The number of nitrogens with one attached hydrogen (secondary N) is 2. The number of nitrogens with zero attached hydrogens (tertiary/aromatic N) is 3. The molecule has 0 fully saturated rings. The highest BCUT2D eigenvalue weighted by Gasteiger charge is 2.14. The highest BCUT2D eigenvalue weighted by atomic mass is 32.2. The Labute approximate surface area is 186 Å². The summed E-state index contributed by atoms with van der Waals surface area (Å²) in [4.78, 5) is 24.5. The molecule has 0 unspecified atom stereocenters. The van der Waals surface area contributed by atoms with E-state index in [9.17, 15) is 9.59 Å². The van der Waals surface area contributed by atoms with Gasteiger partial charge in [-0.05, 0) is 44.4 Å². The van der Waals surface area contributed by atoms with E-state index in [0.717, 1.165) is 33.8 Å².